The molecule has 0 aromatic carbocycles. The quantitative estimate of drug-likeness (QED) is 0.324. The molecule has 0 unspecified atom stereocenters. The Morgan fingerprint density at radius 2 is 2.04 bits per heavy atom. The van der Waals surface area contributed by atoms with Gasteiger partial charge in [-0.2, -0.15) is 0 Å². The predicted molar refractivity (Wildman–Crippen MR) is 122 cm³/mol. The van der Waals surface area contributed by atoms with E-state index in [0.717, 1.165) is 31.9 Å². The minimum absolute atomic E-state index is 0. The van der Waals surface area contributed by atoms with E-state index in [9.17, 15) is 4.79 Å². The van der Waals surface area contributed by atoms with Crippen LogP contribution in [0, 0.1) is 5.41 Å². The molecule has 26 heavy (non-hydrogen) atoms. The molecule has 1 aromatic rings. The molecule has 1 amide bonds. The molecular formula is C18H32IN5OS. The van der Waals surface area contributed by atoms with Gasteiger partial charge >= 0.3 is 0 Å². The number of carbonyl (C=O) groups excluding carboxylic acids is 1. The summed E-state index contributed by atoms with van der Waals surface area (Å²) < 4.78 is 0. The summed E-state index contributed by atoms with van der Waals surface area (Å²) >= 11 is 1.80. The zero-order valence-corrected chi connectivity index (χ0v) is 19.3. The van der Waals surface area contributed by atoms with Gasteiger partial charge in [0.2, 0.25) is 5.91 Å². The molecule has 0 bridgehead atoms. The Kier molecular flexibility index (Phi) is 9.70. The van der Waals surface area contributed by atoms with Crippen LogP contribution in [0.3, 0.4) is 0 Å². The third kappa shape index (κ3) is 6.61. The Morgan fingerprint density at radius 1 is 1.35 bits per heavy atom. The highest BCUT2D eigenvalue weighted by Gasteiger charge is 2.28. The number of amides is 1. The van der Waals surface area contributed by atoms with Gasteiger partial charge in [0.05, 0.1) is 10.4 Å². The third-order valence-electron chi connectivity index (χ3n) is 4.53. The number of piperidine rings is 1. The fraction of sp³-hybridized carbons (Fsp3) is 0.667. The first-order valence-electron chi connectivity index (χ1n) is 9.00. The van der Waals surface area contributed by atoms with Gasteiger partial charge in [0.15, 0.2) is 5.96 Å². The van der Waals surface area contributed by atoms with Gasteiger partial charge in [-0.3, -0.25) is 9.79 Å². The number of anilines is 1. The van der Waals surface area contributed by atoms with E-state index in [1.807, 2.05) is 20.8 Å². The van der Waals surface area contributed by atoms with Crippen molar-refractivity contribution in [1.82, 2.24) is 16.0 Å². The molecular weight excluding hydrogens is 461 g/mol. The van der Waals surface area contributed by atoms with Crippen molar-refractivity contribution in [2.24, 2.45) is 10.4 Å². The van der Waals surface area contributed by atoms with E-state index in [1.165, 1.54) is 5.00 Å². The maximum Gasteiger partial charge on any atom is 0.227 e. The first-order chi connectivity index (χ1) is 12.0. The highest BCUT2D eigenvalue weighted by molar-refractivity contribution is 14.0. The molecule has 0 radical (unpaired) electrons. The van der Waals surface area contributed by atoms with Crippen molar-refractivity contribution in [3.8, 4) is 0 Å². The maximum absolute atomic E-state index is 12.1. The van der Waals surface area contributed by atoms with Gasteiger partial charge in [-0.25, -0.2) is 0 Å². The Balaban J connectivity index is 0.00000338. The summed E-state index contributed by atoms with van der Waals surface area (Å²) in [6, 6.07) is 4.70. The molecule has 3 N–H and O–H groups in total. The number of nitrogens with one attached hydrogen (secondary N) is 3. The van der Waals surface area contributed by atoms with E-state index >= 15 is 0 Å². The molecule has 1 aliphatic rings. The molecule has 0 spiro atoms. The summed E-state index contributed by atoms with van der Waals surface area (Å²) in [7, 11) is 1.77. The van der Waals surface area contributed by atoms with Gasteiger partial charge in [0.1, 0.15) is 0 Å². The number of halogens is 1. The smallest absolute Gasteiger partial charge is 0.227 e. The molecule has 1 fully saturated rings. The summed E-state index contributed by atoms with van der Waals surface area (Å²) in [6.45, 7) is 9.13. The van der Waals surface area contributed by atoms with E-state index in [1.54, 1.807) is 18.4 Å². The monoisotopic (exact) mass is 493 g/mol. The van der Waals surface area contributed by atoms with Gasteiger partial charge in [-0.1, -0.05) is 0 Å². The van der Waals surface area contributed by atoms with E-state index in [2.05, 4.69) is 43.4 Å². The Labute approximate surface area is 178 Å². The number of nitrogens with zero attached hydrogens (tertiary/aromatic N) is 2. The summed E-state index contributed by atoms with van der Waals surface area (Å²) in [5, 5.41) is 13.2. The second-order valence-corrected chi connectivity index (χ2v) is 7.95. The largest absolute Gasteiger partial charge is 0.363 e. The molecule has 2 heterocycles. The van der Waals surface area contributed by atoms with Crippen LogP contribution in [0.2, 0.25) is 0 Å². The molecule has 2 rings (SSSR count). The molecule has 6 nitrogen and oxygen atoms in total. The Morgan fingerprint density at radius 3 is 2.58 bits per heavy atom. The first kappa shape index (κ1) is 23.0. The average molecular weight is 493 g/mol. The highest BCUT2D eigenvalue weighted by Crippen LogP contribution is 2.24. The number of thiophene rings is 1. The molecule has 0 atom stereocenters. The number of aliphatic imine (C=N–C) groups is 1. The molecule has 148 valence electrons. The SMILES string of the molecule is CCNC(=O)C(C)(C)CNC(=NC)NC1CCN(c2cccs2)CC1.I. The minimum atomic E-state index is -0.476. The Hall–Kier alpha value is -1.03. The van der Waals surface area contributed by atoms with E-state index < -0.39 is 5.41 Å². The number of rotatable bonds is 6. The van der Waals surface area contributed by atoms with Crippen molar-refractivity contribution in [3.63, 3.8) is 0 Å². The lowest BCUT2D eigenvalue weighted by molar-refractivity contribution is -0.128. The van der Waals surface area contributed by atoms with Crippen LogP contribution in [0.15, 0.2) is 22.5 Å². The standard InChI is InChI=1S/C18H31N5OS.HI/c1-5-20-16(24)18(2,3)13-21-17(19-4)22-14-8-10-23(11-9-14)15-7-6-12-25-15;/h6-7,12,14H,5,8-11,13H2,1-4H3,(H,20,24)(H2,19,21,22);1H. The second kappa shape index (κ2) is 11.0. The van der Waals surface area contributed by atoms with Crippen molar-refractivity contribution in [3.05, 3.63) is 17.5 Å². The van der Waals surface area contributed by atoms with Crippen molar-refractivity contribution in [2.45, 2.75) is 39.7 Å². The van der Waals surface area contributed by atoms with E-state index in [4.69, 9.17) is 0 Å². The summed E-state index contributed by atoms with van der Waals surface area (Å²) in [5.41, 5.74) is -0.476. The van der Waals surface area contributed by atoms with Gasteiger partial charge in [-0.05, 0) is 51.1 Å². The van der Waals surface area contributed by atoms with Crippen LogP contribution < -0.4 is 20.9 Å². The van der Waals surface area contributed by atoms with Gasteiger partial charge in [0, 0.05) is 39.3 Å². The topological polar surface area (TPSA) is 68.8 Å². The molecule has 0 saturated carbocycles. The van der Waals surface area contributed by atoms with E-state index in [0.29, 0.717) is 19.1 Å². The zero-order valence-electron chi connectivity index (χ0n) is 16.2. The first-order valence-corrected chi connectivity index (χ1v) is 9.88. The number of hydrogen-bond acceptors (Lipinski definition) is 4. The fourth-order valence-electron chi connectivity index (χ4n) is 2.87. The second-order valence-electron chi connectivity index (χ2n) is 7.03. The number of hydrogen-bond donors (Lipinski definition) is 3. The lowest BCUT2D eigenvalue weighted by atomic mass is 9.92. The van der Waals surface area contributed by atoms with Crippen LogP contribution in [0.25, 0.3) is 0 Å². The normalized spacial score (nSPS) is 16.0. The fourth-order valence-corrected chi connectivity index (χ4v) is 3.65. The molecule has 1 aliphatic heterocycles. The lowest BCUT2D eigenvalue weighted by Gasteiger charge is -2.34. The van der Waals surface area contributed by atoms with Crippen LogP contribution in [-0.2, 0) is 4.79 Å². The van der Waals surface area contributed by atoms with Crippen molar-refractivity contribution in [1.29, 1.82) is 0 Å². The number of carbonyl (C=O) groups is 1. The third-order valence-corrected chi connectivity index (χ3v) is 5.46. The van der Waals surface area contributed by atoms with Crippen LogP contribution in [0.5, 0.6) is 0 Å². The van der Waals surface area contributed by atoms with Crippen molar-refractivity contribution >= 4 is 52.2 Å². The highest BCUT2D eigenvalue weighted by atomic mass is 127. The van der Waals surface area contributed by atoms with Crippen molar-refractivity contribution in [2.75, 3.05) is 38.1 Å². The number of guanidine groups is 1. The van der Waals surface area contributed by atoms with Crippen molar-refractivity contribution < 1.29 is 4.79 Å². The van der Waals surface area contributed by atoms with Crippen LogP contribution in [0.1, 0.15) is 33.6 Å². The molecule has 1 saturated heterocycles. The molecule has 0 aliphatic carbocycles. The molecule has 1 aromatic heterocycles. The molecule has 8 heteroatoms. The lowest BCUT2D eigenvalue weighted by Crippen LogP contribution is -2.52. The van der Waals surface area contributed by atoms with Crippen LogP contribution in [0.4, 0.5) is 5.00 Å². The van der Waals surface area contributed by atoms with E-state index in [-0.39, 0.29) is 29.9 Å². The summed E-state index contributed by atoms with van der Waals surface area (Å²) in [5.74, 6) is 0.828. The van der Waals surface area contributed by atoms with Crippen LogP contribution in [-0.4, -0.2) is 51.1 Å². The van der Waals surface area contributed by atoms with Gasteiger partial charge in [0.25, 0.3) is 0 Å². The zero-order chi connectivity index (χ0) is 18.3. The maximum atomic E-state index is 12.1. The van der Waals surface area contributed by atoms with Crippen LogP contribution >= 0.6 is 35.3 Å². The summed E-state index contributed by atoms with van der Waals surface area (Å²) in [6.07, 6.45) is 2.16. The minimum Gasteiger partial charge on any atom is -0.363 e. The predicted octanol–water partition coefficient (Wildman–Crippen LogP) is 2.66. The summed E-state index contributed by atoms with van der Waals surface area (Å²) in [4.78, 5) is 18.8. The average Bonchev–Trinajstić information content (AvgIpc) is 3.14. The van der Waals surface area contributed by atoms with Gasteiger partial charge in [-0.15, -0.1) is 35.3 Å². The van der Waals surface area contributed by atoms with Gasteiger partial charge < -0.3 is 20.9 Å². The Bertz CT molecular complexity index is 568.